The van der Waals surface area contributed by atoms with Crippen molar-refractivity contribution in [1.29, 1.82) is 0 Å². The van der Waals surface area contributed by atoms with E-state index in [-0.39, 0.29) is 12.6 Å². The highest BCUT2D eigenvalue weighted by Crippen LogP contribution is 2.28. The molecule has 3 unspecified atom stereocenters. The maximum absolute atomic E-state index is 10.3. The molecule has 0 amide bonds. The topological polar surface area (TPSA) is 43.7 Å². The zero-order chi connectivity index (χ0) is 13.8. The van der Waals surface area contributed by atoms with Crippen molar-refractivity contribution in [2.45, 2.75) is 31.9 Å². The van der Waals surface area contributed by atoms with Crippen molar-refractivity contribution < 1.29 is 10.2 Å². The van der Waals surface area contributed by atoms with Crippen molar-refractivity contribution in [3.8, 4) is 0 Å². The van der Waals surface area contributed by atoms with E-state index in [4.69, 9.17) is 0 Å². The number of halogens is 1. The van der Waals surface area contributed by atoms with Gasteiger partial charge in [-0.15, -0.1) is 0 Å². The second-order valence-electron chi connectivity index (χ2n) is 5.38. The van der Waals surface area contributed by atoms with Crippen molar-refractivity contribution in [2.24, 2.45) is 5.92 Å². The molecule has 3 atom stereocenters. The summed E-state index contributed by atoms with van der Waals surface area (Å²) < 4.78 is 0.955. The molecule has 1 aliphatic heterocycles. The van der Waals surface area contributed by atoms with Gasteiger partial charge >= 0.3 is 0 Å². The molecule has 1 aliphatic rings. The van der Waals surface area contributed by atoms with Gasteiger partial charge in [0, 0.05) is 17.1 Å². The first-order chi connectivity index (χ1) is 9.13. The van der Waals surface area contributed by atoms with Crippen LogP contribution in [-0.4, -0.2) is 40.9 Å². The average Bonchev–Trinajstić information content (AvgIpc) is 2.77. The molecule has 106 valence electrons. The predicted octanol–water partition coefficient (Wildman–Crippen LogP) is 2.58. The number of aliphatic hydroxyl groups excluding tert-OH is 2. The van der Waals surface area contributed by atoms with Crippen molar-refractivity contribution in [1.82, 2.24) is 4.90 Å². The quantitative estimate of drug-likeness (QED) is 0.873. The Balaban J connectivity index is 1.90. The third kappa shape index (κ3) is 3.57. The third-order valence-corrected chi connectivity index (χ3v) is 4.86. The third-order valence-electron chi connectivity index (χ3n) is 4.14. The summed E-state index contributed by atoms with van der Waals surface area (Å²) in [7, 11) is 0. The second kappa shape index (κ2) is 6.84. The van der Waals surface area contributed by atoms with E-state index in [1.54, 1.807) is 0 Å². The molecule has 2 rings (SSSR count). The van der Waals surface area contributed by atoms with Crippen LogP contribution in [0.3, 0.4) is 0 Å². The zero-order valence-electron chi connectivity index (χ0n) is 11.3. The first-order valence-corrected chi connectivity index (χ1v) is 7.70. The molecule has 4 heteroatoms. The van der Waals surface area contributed by atoms with Crippen LogP contribution in [0.25, 0.3) is 0 Å². The predicted molar refractivity (Wildman–Crippen MR) is 79.9 cm³/mol. The molecule has 0 aliphatic carbocycles. The van der Waals surface area contributed by atoms with Gasteiger partial charge in [-0.2, -0.15) is 0 Å². The van der Waals surface area contributed by atoms with Gasteiger partial charge in [-0.1, -0.05) is 41.1 Å². The van der Waals surface area contributed by atoms with E-state index in [9.17, 15) is 10.2 Å². The molecule has 1 aromatic rings. The van der Waals surface area contributed by atoms with E-state index in [0.29, 0.717) is 12.3 Å². The van der Waals surface area contributed by atoms with Gasteiger partial charge < -0.3 is 10.2 Å². The molecule has 0 bridgehead atoms. The summed E-state index contributed by atoms with van der Waals surface area (Å²) in [6.07, 6.45) is 1.38. The average molecular weight is 328 g/mol. The van der Waals surface area contributed by atoms with Crippen LogP contribution >= 0.6 is 15.9 Å². The summed E-state index contributed by atoms with van der Waals surface area (Å²) in [6.45, 7) is 4.25. The van der Waals surface area contributed by atoms with Crippen molar-refractivity contribution in [3.63, 3.8) is 0 Å². The number of rotatable bonds is 5. The lowest BCUT2D eigenvalue weighted by molar-refractivity contribution is 0.106. The molecule has 3 nitrogen and oxygen atoms in total. The lowest BCUT2D eigenvalue weighted by Crippen LogP contribution is -2.36. The largest absolute Gasteiger partial charge is 0.395 e. The minimum atomic E-state index is -0.453. The first-order valence-electron chi connectivity index (χ1n) is 6.91. The smallest absolute Gasteiger partial charge is 0.0813 e. The van der Waals surface area contributed by atoms with E-state index in [2.05, 4.69) is 27.8 Å². The second-order valence-corrected chi connectivity index (χ2v) is 6.23. The van der Waals surface area contributed by atoms with Gasteiger partial charge in [-0.25, -0.2) is 0 Å². The summed E-state index contributed by atoms with van der Waals surface area (Å²) in [5.41, 5.74) is 0.940. The molecule has 19 heavy (non-hydrogen) atoms. The highest BCUT2D eigenvalue weighted by molar-refractivity contribution is 9.10. The van der Waals surface area contributed by atoms with Gasteiger partial charge in [-0.3, -0.25) is 4.90 Å². The SMILES string of the molecule is CC1CCN(CCC(O)c2ccccc2Br)C1CO. The normalized spacial score (nSPS) is 25.7. The summed E-state index contributed by atoms with van der Waals surface area (Å²) in [4.78, 5) is 2.30. The van der Waals surface area contributed by atoms with Crippen LogP contribution in [0.4, 0.5) is 0 Å². The minimum absolute atomic E-state index is 0.215. The summed E-state index contributed by atoms with van der Waals surface area (Å²) >= 11 is 3.47. The first kappa shape index (κ1) is 15.0. The Bertz CT molecular complexity index is 413. The molecule has 1 aromatic carbocycles. The molecule has 0 saturated carbocycles. The summed E-state index contributed by atoms with van der Waals surface area (Å²) in [6, 6.07) is 8.05. The standard InChI is InChI=1S/C15H22BrNO2/c1-11-6-8-17(14(11)10-18)9-7-15(19)12-4-2-3-5-13(12)16/h2-5,11,14-15,18-19H,6-10H2,1H3. The lowest BCUT2D eigenvalue weighted by atomic mass is 10.0. The van der Waals surface area contributed by atoms with Crippen LogP contribution in [0.2, 0.25) is 0 Å². The van der Waals surface area contributed by atoms with Crippen LogP contribution in [0, 0.1) is 5.92 Å². The highest BCUT2D eigenvalue weighted by Gasteiger charge is 2.30. The zero-order valence-corrected chi connectivity index (χ0v) is 12.9. The van der Waals surface area contributed by atoms with Crippen LogP contribution in [-0.2, 0) is 0 Å². The summed E-state index contributed by atoms with van der Waals surface area (Å²) in [5.74, 6) is 0.547. The van der Waals surface area contributed by atoms with E-state index >= 15 is 0 Å². The van der Waals surface area contributed by atoms with Crippen molar-refractivity contribution in [2.75, 3.05) is 19.7 Å². The fraction of sp³-hybridized carbons (Fsp3) is 0.600. The van der Waals surface area contributed by atoms with Gasteiger partial charge in [0.2, 0.25) is 0 Å². The van der Waals surface area contributed by atoms with Crippen LogP contribution in [0.5, 0.6) is 0 Å². The molecule has 2 N–H and O–H groups in total. The molecule has 1 fully saturated rings. The number of nitrogens with zero attached hydrogens (tertiary/aromatic N) is 1. The summed E-state index contributed by atoms with van der Waals surface area (Å²) in [5, 5.41) is 19.7. The van der Waals surface area contributed by atoms with Gasteiger partial charge in [0.25, 0.3) is 0 Å². The van der Waals surface area contributed by atoms with Crippen LogP contribution in [0.1, 0.15) is 31.4 Å². The van der Waals surface area contributed by atoms with Crippen molar-refractivity contribution in [3.05, 3.63) is 34.3 Å². The Morgan fingerprint density at radius 3 is 2.84 bits per heavy atom. The Labute approximate surface area is 123 Å². The Morgan fingerprint density at radius 1 is 1.42 bits per heavy atom. The number of hydrogen-bond acceptors (Lipinski definition) is 3. The molecule has 0 aromatic heterocycles. The molecular weight excluding hydrogens is 306 g/mol. The fourth-order valence-electron chi connectivity index (χ4n) is 2.85. The monoisotopic (exact) mass is 327 g/mol. The van der Waals surface area contributed by atoms with E-state index in [1.165, 1.54) is 0 Å². The van der Waals surface area contributed by atoms with Gasteiger partial charge in [0.05, 0.1) is 12.7 Å². The van der Waals surface area contributed by atoms with E-state index in [1.807, 2.05) is 24.3 Å². The fourth-order valence-corrected chi connectivity index (χ4v) is 3.40. The molecule has 0 spiro atoms. The Kier molecular flexibility index (Phi) is 5.39. The van der Waals surface area contributed by atoms with Gasteiger partial charge in [-0.05, 0) is 36.9 Å². The number of hydrogen-bond donors (Lipinski definition) is 2. The lowest BCUT2D eigenvalue weighted by Gasteiger charge is -2.26. The van der Waals surface area contributed by atoms with E-state index in [0.717, 1.165) is 29.5 Å². The maximum atomic E-state index is 10.3. The molecular formula is C15H22BrNO2. The maximum Gasteiger partial charge on any atom is 0.0813 e. The number of likely N-dealkylation sites (tertiary alicyclic amines) is 1. The van der Waals surface area contributed by atoms with Gasteiger partial charge in [0.15, 0.2) is 0 Å². The highest BCUT2D eigenvalue weighted by atomic mass is 79.9. The van der Waals surface area contributed by atoms with Crippen LogP contribution in [0.15, 0.2) is 28.7 Å². The number of benzene rings is 1. The molecule has 1 heterocycles. The Hall–Kier alpha value is -0.420. The van der Waals surface area contributed by atoms with Crippen molar-refractivity contribution >= 4 is 15.9 Å². The van der Waals surface area contributed by atoms with Crippen LogP contribution < -0.4 is 0 Å². The Morgan fingerprint density at radius 2 is 2.16 bits per heavy atom. The number of aliphatic hydroxyl groups is 2. The molecule has 0 radical (unpaired) electrons. The molecule has 1 saturated heterocycles. The van der Waals surface area contributed by atoms with E-state index < -0.39 is 6.10 Å². The minimum Gasteiger partial charge on any atom is -0.395 e. The van der Waals surface area contributed by atoms with Gasteiger partial charge in [0.1, 0.15) is 0 Å².